The molecule has 0 saturated carbocycles. The van der Waals surface area contributed by atoms with Gasteiger partial charge in [0.2, 0.25) is 5.78 Å². The van der Waals surface area contributed by atoms with E-state index < -0.39 is 0 Å². The van der Waals surface area contributed by atoms with Crippen LogP contribution in [0.1, 0.15) is 26.6 Å². The van der Waals surface area contributed by atoms with Crippen LogP contribution in [0.5, 0.6) is 0 Å². The van der Waals surface area contributed by atoms with Gasteiger partial charge in [-0.25, -0.2) is 0 Å². The summed E-state index contributed by atoms with van der Waals surface area (Å²) in [6, 6.07) is 2.02. The maximum atomic E-state index is 12.4. The molecule has 0 aliphatic heterocycles. The van der Waals surface area contributed by atoms with Gasteiger partial charge < -0.3 is 4.74 Å². The molecule has 3 aromatic heterocycles. The van der Waals surface area contributed by atoms with Crippen molar-refractivity contribution in [3.8, 4) is 0 Å². The lowest BCUT2D eigenvalue weighted by atomic mass is 10.3. The van der Waals surface area contributed by atoms with E-state index in [4.69, 9.17) is 4.74 Å². The number of ether oxygens (including phenoxy) is 1. The highest BCUT2D eigenvalue weighted by atomic mass is 32.1. The standard InChI is InChI=1S/C16H21N5O3S/c1-5-24-13(22)9-20(10(2)3)8-12-17-18-16-19(4)15(23)14-11(21(12)16)6-7-25-14/h6-7,10H,5,8-9H2,1-4H3. The van der Waals surface area contributed by atoms with Gasteiger partial charge in [-0.2, -0.15) is 0 Å². The molecule has 0 radical (unpaired) electrons. The first kappa shape index (κ1) is 17.6. The van der Waals surface area contributed by atoms with Gasteiger partial charge in [0.05, 0.1) is 25.2 Å². The van der Waals surface area contributed by atoms with E-state index in [1.54, 1.807) is 14.0 Å². The largest absolute Gasteiger partial charge is 0.465 e. The van der Waals surface area contributed by atoms with Crippen LogP contribution in [-0.2, 0) is 23.1 Å². The molecule has 134 valence electrons. The van der Waals surface area contributed by atoms with Crippen molar-refractivity contribution in [3.05, 3.63) is 27.6 Å². The van der Waals surface area contributed by atoms with E-state index in [2.05, 4.69) is 10.2 Å². The Morgan fingerprint density at radius 2 is 2.16 bits per heavy atom. The zero-order valence-corrected chi connectivity index (χ0v) is 15.5. The number of fused-ring (bicyclic) bond motifs is 3. The first-order valence-corrected chi connectivity index (χ1v) is 9.01. The van der Waals surface area contributed by atoms with Crippen LogP contribution in [0.2, 0.25) is 0 Å². The van der Waals surface area contributed by atoms with Crippen molar-refractivity contribution in [3.63, 3.8) is 0 Å². The molecule has 9 heteroatoms. The van der Waals surface area contributed by atoms with E-state index in [1.807, 2.05) is 34.6 Å². The molecule has 25 heavy (non-hydrogen) atoms. The van der Waals surface area contributed by atoms with E-state index in [0.717, 1.165) is 5.52 Å². The van der Waals surface area contributed by atoms with Gasteiger partial charge >= 0.3 is 5.97 Å². The van der Waals surface area contributed by atoms with Crippen LogP contribution in [-0.4, -0.2) is 49.2 Å². The Morgan fingerprint density at radius 3 is 2.84 bits per heavy atom. The highest BCUT2D eigenvalue weighted by molar-refractivity contribution is 7.17. The minimum absolute atomic E-state index is 0.0799. The Kier molecular flexibility index (Phi) is 4.87. The van der Waals surface area contributed by atoms with Gasteiger partial charge in [0.15, 0.2) is 5.82 Å². The molecule has 3 aromatic rings. The van der Waals surface area contributed by atoms with E-state index >= 15 is 0 Å². The molecule has 3 heterocycles. The van der Waals surface area contributed by atoms with E-state index in [0.29, 0.717) is 29.5 Å². The fourth-order valence-corrected chi connectivity index (χ4v) is 3.58. The fourth-order valence-electron chi connectivity index (χ4n) is 2.73. The summed E-state index contributed by atoms with van der Waals surface area (Å²) in [6.07, 6.45) is 0. The molecule has 8 nitrogen and oxygen atoms in total. The van der Waals surface area contributed by atoms with Crippen molar-refractivity contribution in [1.29, 1.82) is 0 Å². The maximum Gasteiger partial charge on any atom is 0.320 e. The number of esters is 1. The second-order valence-corrected chi connectivity index (χ2v) is 6.97. The Labute approximate surface area is 148 Å². The van der Waals surface area contributed by atoms with Crippen LogP contribution in [0.3, 0.4) is 0 Å². The minimum Gasteiger partial charge on any atom is -0.465 e. The predicted molar refractivity (Wildman–Crippen MR) is 95.8 cm³/mol. The van der Waals surface area contributed by atoms with Crippen molar-refractivity contribution in [2.45, 2.75) is 33.4 Å². The van der Waals surface area contributed by atoms with Gasteiger partial charge in [0, 0.05) is 13.1 Å². The van der Waals surface area contributed by atoms with Crippen LogP contribution < -0.4 is 5.56 Å². The van der Waals surface area contributed by atoms with Crippen molar-refractivity contribution in [1.82, 2.24) is 24.1 Å². The predicted octanol–water partition coefficient (Wildman–Crippen LogP) is 1.42. The van der Waals surface area contributed by atoms with Gasteiger partial charge in [-0.05, 0) is 32.2 Å². The summed E-state index contributed by atoms with van der Waals surface area (Å²) in [5.41, 5.74) is 0.714. The zero-order valence-electron chi connectivity index (χ0n) is 14.7. The van der Waals surface area contributed by atoms with Crippen molar-refractivity contribution in [2.24, 2.45) is 7.05 Å². The maximum absolute atomic E-state index is 12.4. The molecular weight excluding hydrogens is 342 g/mol. The van der Waals surface area contributed by atoms with E-state index in [-0.39, 0.29) is 24.1 Å². The van der Waals surface area contributed by atoms with Crippen molar-refractivity contribution in [2.75, 3.05) is 13.2 Å². The fraction of sp³-hybridized carbons (Fsp3) is 0.500. The molecule has 0 fully saturated rings. The summed E-state index contributed by atoms with van der Waals surface area (Å²) in [7, 11) is 1.69. The number of hydrogen-bond acceptors (Lipinski definition) is 7. The normalized spacial score (nSPS) is 11.9. The molecule has 0 amide bonds. The van der Waals surface area contributed by atoms with Gasteiger partial charge in [-0.3, -0.25) is 23.5 Å². The summed E-state index contributed by atoms with van der Waals surface area (Å²) in [4.78, 5) is 26.2. The van der Waals surface area contributed by atoms with Crippen molar-refractivity contribution < 1.29 is 9.53 Å². The van der Waals surface area contributed by atoms with Crippen molar-refractivity contribution >= 4 is 33.3 Å². The summed E-state index contributed by atoms with van der Waals surface area (Å²) in [5, 5.41) is 10.3. The number of carbonyl (C=O) groups is 1. The second-order valence-electron chi connectivity index (χ2n) is 6.05. The lowest BCUT2D eigenvalue weighted by molar-refractivity contribution is -0.145. The smallest absolute Gasteiger partial charge is 0.320 e. The highest BCUT2D eigenvalue weighted by Crippen LogP contribution is 2.20. The molecule has 0 atom stereocenters. The van der Waals surface area contributed by atoms with Crippen LogP contribution in [0.4, 0.5) is 0 Å². The Morgan fingerprint density at radius 1 is 1.40 bits per heavy atom. The first-order valence-electron chi connectivity index (χ1n) is 8.13. The molecule has 0 aliphatic rings. The lowest BCUT2D eigenvalue weighted by Crippen LogP contribution is -2.36. The number of carbonyl (C=O) groups excluding carboxylic acids is 1. The zero-order chi connectivity index (χ0) is 18.1. The Bertz CT molecular complexity index is 971. The number of rotatable bonds is 6. The average Bonchev–Trinajstić information content (AvgIpc) is 3.18. The Balaban J connectivity index is 2.03. The van der Waals surface area contributed by atoms with Gasteiger partial charge in [-0.1, -0.05) is 0 Å². The highest BCUT2D eigenvalue weighted by Gasteiger charge is 2.21. The molecule has 0 unspecified atom stereocenters. The molecule has 3 rings (SSSR count). The second kappa shape index (κ2) is 6.93. The third-order valence-electron chi connectivity index (χ3n) is 4.11. The summed E-state index contributed by atoms with van der Waals surface area (Å²) < 4.78 is 9.10. The lowest BCUT2D eigenvalue weighted by Gasteiger charge is -2.24. The number of thiophene rings is 1. The van der Waals surface area contributed by atoms with Gasteiger partial charge in [0.1, 0.15) is 4.70 Å². The SMILES string of the molecule is CCOC(=O)CN(Cc1nnc2n(C)c(=O)c3sccc3n12)C(C)C. The Hall–Kier alpha value is -2.26. The number of aryl methyl sites for hydroxylation is 1. The molecule has 0 aliphatic carbocycles. The topological polar surface area (TPSA) is 81.7 Å². The average molecular weight is 363 g/mol. The van der Waals surface area contributed by atoms with E-state index in [1.165, 1.54) is 15.9 Å². The summed E-state index contributed by atoms with van der Waals surface area (Å²) in [6.45, 7) is 6.78. The monoisotopic (exact) mass is 363 g/mol. The quantitative estimate of drug-likeness (QED) is 0.616. The summed E-state index contributed by atoms with van der Waals surface area (Å²) in [5.74, 6) is 0.913. The van der Waals surface area contributed by atoms with Gasteiger partial charge in [0.25, 0.3) is 5.56 Å². The first-order chi connectivity index (χ1) is 11.9. The number of hydrogen-bond donors (Lipinski definition) is 0. The third-order valence-corrected chi connectivity index (χ3v) is 5.00. The molecule has 0 aromatic carbocycles. The molecule has 0 N–H and O–H groups in total. The molecular formula is C16H21N5O3S. The molecule has 0 saturated heterocycles. The van der Waals surface area contributed by atoms with Crippen LogP contribution in [0.15, 0.2) is 16.2 Å². The third kappa shape index (κ3) is 3.16. The minimum atomic E-state index is -0.266. The van der Waals surface area contributed by atoms with Gasteiger partial charge in [-0.15, -0.1) is 21.5 Å². The van der Waals surface area contributed by atoms with Crippen LogP contribution in [0, 0.1) is 0 Å². The summed E-state index contributed by atoms with van der Waals surface area (Å²) >= 11 is 1.40. The number of aromatic nitrogens is 4. The molecule has 0 bridgehead atoms. The van der Waals surface area contributed by atoms with Crippen LogP contribution >= 0.6 is 11.3 Å². The van der Waals surface area contributed by atoms with E-state index in [9.17, 15) is 9.59 Å². The molecule has 0 spiro atoms. The van der Waals surface area contributed by atoms with Crippen LogP contribution in [0.25, 0.3) is 16.0 Å². The number of nitrogens with zero attached hydrogens (tertiary/aromatic N) is 5.